The lowest BCUT2D eigenvalue weighted by molar-refractivity contribution is 0.125. The van der Waals surface area contributed by atoms with Gasteiger partial charge in [-0.25, -0.2) is 5.84 Å². The Balaban J connectivity index is 1.91. The Bertz CT molecular complexity index is 471. The predicted octanol–water partition coefficient (Wildman–Crippen LogP) is 0.0480. The summed E-state index contributed by atoms with van der Waals surface area (Å²) in [5.41, 5.74) is 2.45. The molecule has 3 rings (SSSR count). The van der Waals surface area contributed by atoms with Gasteiger partial charge in [-0.3, -0.25) is 5.43 Å². The van der Waals surface area contributed by atoms with Crippen molar-refractivity contribution in [3.8, 4) is 6.01 Å². The van der Waals surface area contributed by atoms with Crippen LogP contribution in [0.15, 0.2) is 0 Å². The molecule has 1 aromatic rings. The monoisotopic (exact) mass is 280 g/mol. The van der Waals surface area contributed by atoms with E-state index in [0.717, 1.165) is 25.7 Å². The van der Waals surface area contributed by atoms with Crippen LogP contribution in [0.5, 0.6) is 6.01 Å². The molecule has 2 unspecified atom stereocenters. The van der Waals surface area contributed by atoms with Crippen LogP contribution in [0.2, 0.25) is 0 Å². The highest BCUT2D eigenvalue weighted by atomic mass is 16.5. The Labute approximate surface area is 117 Å². The topological polar surface area (TPSA) is 109 Å². The summed E-state index contributed by atoms with van der Waals surface area (Å²) < 4.78 is 5.36. The predicted molar refractivity (Wildman–Crippen MR) is 73.3 cm³/mol. The van der Waals surface area contributed by atoms with Gasteiger partial charge in [-0.1, -0.05) is 0 Å². The summed E-state index contributed by atoms with van der Waals surface area (Å²) >= 11 is 0. The van der Waals surface area contributed by atoms with Gasteiger partial charge in [0.2, 0.25) is 11.9 Å². The first kappa shape index (κ1) is 13.3. The van der Waals surface area contributed by atoms with Gasteiger partial charge in [0.15, 0.2) is 0 Å². The largest absolute Gasteiger partial charge is 0.464 e. The van der Waals surface area contributed by atoms with Crippen LogP contribution in [0.1, 0.15) is 32.6 Å². The number of nitrogen functional groups attached to an aromatic ring is 1. The second-order valence-corrected chi connectivity index (χ2v) is 5.24. The average molecular weight is 280 g/mol. The number of aromatic nitrogens is 3. The van der Waals surface area contributed by atoms with Crippen molar-refractivity contribution in [1.82, 2.24) is 15.0 Å². The van der Waals surface area contributed by atoms with Gasteiger partial charge in [0.05, 0.1) is 12.7 Å². The van der Waals surface area contributed by atoms with Crippen molar-refractivity contribution >= 4 is 11.9 Å². The molecule has 0 aromatic carbocycles. The molecule has 2 fully saturated rings. The van der Waals surface area contributed by atoms with Crippen molar-refractivity contribution in [3.63, 3.8) is 0 Å². The number of hydrogen-bond donors (Lipinski definition) is 3. The van der Waals surface area contributed by atoms with Crippen LogP contribution in [0, 0.1) is 0 Å². The SMILES string of the molecule is CCOc1nc(NN)nc(N2C3CCC2CC(O)C3)n1. The fraction of sp³-hybridized carbons (Fsp3) is 0.750. The molecule has 8 heteroatoms. The number of nitrogens with zero attached hydrogens (tertiary/aromatic N) is 4. The summed E-state index contributed by atoms with van der Waals surface area (Å²) in [6, 6.07) is 0.841. The fourth-order valence-corrected chi connectivity index (χ4v) is 3.19. The highest BCUT2D eigenvalue weighted by Gasteiger charge is 2.41. The second kappa shape index (κ2) is 5.37. The molecule has 20 heavy (non-hydrogen) atoms. The van der Waals surface area contributed by atoms with Crippen LogP contribution in [0.3, 0.4) is 0 Å². The lowest BCUT2D eigenvalue weighted by Gasteiger charge is -2.37. The summed E-state index contributed by atoms with van der Waals surface area (Å²) in [6.07, 6.45) is 3.42. The van der Waals surface area contributed by atoms with E-state index < -0.39 is 0 Å². The van der Waals surface area contributed by atoms with E-state index >= 15 is 0 Å². The number of ether oxygens (including phenoxy) is 1. The summed E-state index contributed by atoms with van der Waals surface area (Å²) in [5, 5.41) is 9.86. The molecule has 2 bridgehead atoms. The summed E-state index contributed by atoms with van der Waals surface area (Å²) in [5.74, 6) is 6.28. The number of aliphatic hydroxyl groups excluding tert-OH is 1. The number of piperidine rings is 1. The molecule has 0 spiro atoms. The first-order valence-electron chi connectivity index (χ1n) is 7.03. The van der Waals surface area contributed by atoms with Gasteiger partial charge < -0.3 is 14.7 Å². The van der Waals surface area contributed by atoms with E-state index in [1.165, 1.54) is 0 Å². The normalized spacial score (nSPS) is 28.6. The maximum atomic E-state index is 9.86. The zero-order chi connectivity index (χ0) is 14.1. The first-order valence-corrected chi connectivity index (χ1v) is 7.03. The van der Waals surface area contributed by atoms with Crippen molar-refractivity contribution in [2.75, 3.05) is 16.9 Å². The van der Waals surface area contributed by atoms with Crippen molar-refractivity contribution in [2.45, 2.75) is 50.8 Å². The zero-order valence-corrected chi connectivity index (χ0v) is 11.5. The van der Waals surface area contributed by atoms with E-state index in [1.807, 2.05) is 6.92 Å². The average Bonchev–Trinajstić information content (AvgIpc) is 2.71. The molecule has 2 aliphatic rings. The van der Waals surface area contributed by atoms with Gasteiger partial charge in [0, 0.05) is 12.1 Å². The Morgan fingerprint density at radius 1 is 1.30 bits per heavy atom. The molecule has 0 saturated carbocycles. The Morgan fingerprint density at radius 2 is 2.00 bits per heavy atom. The van der Waals surface area contributed by atoms with Gasteiger partial charge in [-0.05, 0) is 32.6 Å². The first-order chi connectivity index (χ1) is 9.71. The standard InChI is InChI=1S/C12H20N6O2/c1-2-20-12-15-10(17-13)14-11(16-12)18-7-3-4-8(18)6-9(19)5-7/h7-9,19H,2-6,13H2,1H3,(H,14,15,16,17). The van der Waals surface area contributed by atoms with Crippen molar-refractivity contribution in [3.05, 3.63) is 0 Å². The third-order valence-electron chi connectivity index (χ3n) is 3.94. The van der Waals surface area contributed by atoms with Gasteiger partial charge >= 0.3 is 6.01 Å². The van der Waals surface area contributed by atoms with E-state index in [2.05, 4.69) is 25.3 Å². The Morgan fingerprint density at radius 3 is 2.60 bits per heavy atom. The molecular formula is C12H20N6O2. The van der Waals surface area contributed by atoms with Gasteiger partial charge in [-0.2, -0.15) is 15.0 Å². The molecule has 2 aliphatic heterocycles. The number of hydrazine groups is 1. The fourth-order valence-electron chi connectivity index (χ4n) is 3.19. The van der Waals surface area contributed by atoms with Crippen molar-refractivity contribution in [2.24, 2.45) is 5.84 Å². The van der Waals surface area contributed by atoms with Crippen LogP contribution in [-0.4, -0.2) is 44.9 Å². The van der Waals surface area contributed by atoms with E-state index in [0.29, 0.717) is 18.5 Å². The minimum atomic E-state index is -0.218. The molecule has 0 radical (unpaired) electrons. The number of rotatable bonds is 4. The van der Waals surface area contributed by atoms with Crippen LogP contribution in [0.4, 0.5) is 11.9 Å². The Kier molecular flexibility index (Phi) is 3.58. The third kappa shape index (κ3) is 2.36. The van der Waals surface area contributed by atoms with Gasteiger partial charge in [0.1, 0.15) is 0 Å². The molecule has 8 nitrogen and oxygen atoms in total. The van der Waals surface area contributed by atoms with Gasteiger partial charge in [-0.15, -0.1) is 0 Å². The van der Waals surface area contributed by atoms with E-state index in [4.69, 9.17) is 10.6 Å². The Hall–Kier alpha value is -1.67. The van der Waals surface area contributed by atoms with E-state index in [1.54, 1.807) is 0 Å². The molecule has 0 amide bonds. The molecule has 4 N–H and O–H groups in total. The minimum Gasteiger partial charge on any atom is -0.464 e. The maximum absolute atomic E-state index is 9.86. The molecular weight excluding hydrogens is 260 g/mol. The maximum Gasteiger partial charge on any atom is 0.323 e. The summed E-state index contributed by atoms with van der Waals surface area (Å²) in [7, 11) is 0. The number of aliphatic hydroxyl groups is 1. The number of nitrogens with one attached hydrogen (secondary N) is 1. The minimum absolute atomic E-state index is 0.218. The highest BCUT2D eigenvalue weighted by Crippen LogP contribution is 2.38. The number of fused-ring (bicyclic) bond motifs is 2. The molecule has 2 saturated heterocycles. The molecule has 3 heterocycles. The van der Waals surface area contributed by atoms with Crippen molar-refractivity contribution in [1.29, 1.82) is 0 Å². The molecule has 2 atom stereocenters. The third-order valence-corrected chi connectivity index (χ3v) is 3.94. The smallest absolute Gasteiger partial charge is 0.323 e. The lowest BCUT2D eigenvalue weighted by atomic mass is 10.0. The molecule has 1 aromatic heterocycles. The summed E-state index contributed by atoms with van der Waals surface area (Å²) in [6.45, 7) is 2.36. The van der Waals surface area contributed by atoms with Crippen LogP contribution < -0.4 is 20.9 Å². The van der Waals surface area contributed by atoms with Crippen molar-refractivity contribution < 1.29 is 9.84 Å². The number of anilines is 2. The van der Waals surface area contributed by atoms with Crippen LogP contribution in [-0.2, 0) is 0 Å². The molecule has 0 aliphatic carbocycles. The van der Waals surface area contributed by atoms with Crippen LogP contribution >= 0.6 is 0 Å². The van der Waals surface area contributed by atoms with E-state index in [9.17, 15) is 5.11 Å². The van der Waals surface area contributed by atoms with E-state index in [-0.39, 0.29) is 24.2 Å². The molecule has 110 valence electrons. The second-order valence-electron chi connectivity index (χ2n) is 5.24. The zero-order valence-electron chi connectivity index (χ0n) is 11.5. The summed E-state index contributed by atoms with van der Waals surface area (Å²) in [4.78, 5) is 14.9. The quantitative estimate of drug-likeness (QED) is 0.524. The van der Waals surface area contributed by atoms with Gasteiger partial charge in [0.25, 0.3) is 0 Å². The number of hydrogen-bond acceptors (Lipinski definition) is 8. The highest BCUT2D eigenvalue weighted by molar-refractivity contribution is 5.42. The lowest BCUT2D eigenvalue weighted by Crippen LogP contribution is -2.45. The number of nitrogens with two attached hydrogens (primary N) is 1. The van der Waals surface area contributed by atoms with Crippen LogP contribution in [0.25, 0.3) is 0 Å².